The molecule has 0 bridgehead atoms. The van der Waals surface area contributed by atoms with Gasteiger partial charge in [-0.2, -0.15) is 13.2 Å². The molecule has 0 N–H and O–H groups in total. The van der Waals surface area contributed by atoms with Crippen LogP contribution in [0.1, 0.15) is 18.2 Å². The lowest BCUT2D eigenvalue weighted by Gasteiger charge is -2.10. The lowest BCUT2D eigenvalue weighted by Crippen LogP contribution is -2.15. The van der Waals surface area contributed by atoms with E-state index >= 15 is 0 Å². The van der Waals surface area contributed by atoms with Crippen LogP contribution in [-0.4, -0.2) is 24.1 Å². The summed E-state index contributed by atoms with van der Waals surface area (Å²) in [5.74, 6) is -0.373. The Balaban J connectivity index is 2.69. The van der Waals surface area contributed by atoms with Crippen molar-refractivity contribution in [1.29, 1.82) is 0 Å². The van der Waals surface area contributed by atoms with E-state index in [9.17, 15) is 21.6 Å². The first kappa shape index (κ1) is 16.4. The average Bonchev–Trinajstić information content (AvgIpc) is 2.46. The predicted octanol–water partition coefficient (Wildman–Crippen LogP) is 3.26. The second kappa shape index (κ2) is 5.68. The maximum atomic E-state index is 12.9. The third-order valence-corrected chi connectivity index (χ3v) is 4.50. The molecule has 1 aromatic heterocycles. The van der Waals surface area contributed by atoms with E-state index in [4.69, 9.17) is 0 Å². The molecule has 22 heavy (non-hydrogen) atoms. The van der Waals surface area contributed by atoms with E-state index in [1.54, 1.807) is 24.3 Å². The molecule has 0 aliphatic rings. The van der Waals surface area contributed by atoms with Crippen molar-refractivity contribution >= 4 is 9.84 Å². The molecular formula is C14H13F3N2O2S. The van der Waals surface area contributed by atoms with Gasteiger partial charge in [-0.15, -0.1) is 0 Å². The molecule has 0 saturated carbocycles. The first-order chi connectivity index (χ1) is 10.1. The van der Waals surface area contributed by atoms with Gasteiger partial charge in [0.25, 0.3) is 0 Å². The molecule has 0 aliphatic heterocycles. The number of hydrogen-bond acceptors (Lipinski definition) is 4. The molecule has 2 rings (SSSR count). The third-order valence-electron chi connectivity index (χ3n) is 3.00. The SMILES string of the molecule is CCS(=O)(=O)c1nc(-c2ccc(C)cc2)cc(C(F)(F)F)n1. The fraction of sp³-hybridized carbons (Fsp3) is 0.286. The van der Waals surface area contributed by atoms with E-state index in [0.29, 0.717) is 5.56 Å². The highest BCUT2D eigenvalue weighted by molar-refractivity contribution is 7.91. The standard InChI is InChI=1S/C14H13F3N2O2S/c1-3-22(20,21)13-18-11(8-12(19-13)14(15,16)17)10-6-4-9(2)5-7-10/h4-8H,3H2,1-2H3. The van der Waals surface area contributed by atoms with Crippen LogP contribution >= 0.6 is 0 Å². The largest absolute Gasteiger partial charge is 0.433 e. The number of nitrogens with zero attached hydrogens (tertiary/aromatic N) is 2. The lowest BCUT2D eigenvalue weighted by molar-refractivity contribution is -0.141. The van der Waals surface area contributed by atoms with Gasteiger partial charge in [-0.25, -0.2) is 18.4 Å². The highest BCUT2D eigenvalue weighted by Gasteiger charge is 2.35. The Labute approximate surface area is 126 Å². The molecule has 0 radical (unpaired) electrons. The van der Waals surface area contributed by atoms with Crippen LogP contribution in [0.5, 0.6) is 0 Å². The summed E-state index contributed by atoms with van der Waals surface area (Å²) in [4.78, 5) is 6.96. The summed E-state index contributed by atoms with van der Waals surface area (Å²) in [6.45, 7) is 3.16. The van der Waals surface area contributed by atoms with Gasteiger partial charge in [0, 0.05) is 5.56 Å². The molecule has 0 unspecified atom stereocenters. The van der Waals surface area contributed by atoms with Crippen molar-refractivity contribution in [1.82, 2.24) is 9.97 Å². The van der Waals surface area contributed by atoms with E-state index in [-0.39, 0.29) is 11.4 Å². The second-order valence-corrected chi connectivity index (χ2v) is 6.86. The summed E-state index contributed by atoms with van der Waals surface area (Å²) in [5.41, 5.74) is -0.0271. The third kappa shape index (κ3) is 3.44. The topological polar surface area (TPSA) is 59.9 Å². The Bertz CT molecular complexity index is 785. The summed E-state index contributed by atoms with van der Waals surface area (Å²) in [5, 5.41) is -0.805. The maximum Gasteiger partial charge on any atom is 0.433 e. The number of rotatable bonds is 3. The highest BCUT2D eigenvalue weighted by Crippen LogP contribution is 2.31. The Morgan fingerprint density at radius 2 is 1.68 bits per heavy atom. The minimum atomic E-state index is -4.75. The lowest BCUT2D eigenvalue weighted by atomic mass is 10.1. The van der Waals surface area contributed by atoms with Crippen molar-refractivity contribution < 1.29 is 21.6 Å². The maximum absolute atomic E-state index is 12.9. The summed E-state index contributed by atoms with van der Waals surface area (Å²) >= 11 is 0. The van der Waals surface area contributed by atoms with Crippen molar-refractivity contribution in [3.8, 4) is 11.3 Å². The zero-order chi connectivity index (χ0) is 16.5. The summed E-state index contributed by atoms with van der Waals surface area (Å²) < 4.78 is 62.5. The molecule has 1 heterocycles. The number of aryl methyl sites for hydroxylation is 1. The molecule has 0 saturated heterocycles. The monoisotopic (exact) mass is 330 g/mol. The van der Waals surface area contributed by atoms with E-state index in [1.165, 1.54) is 6.92 Å². The van der Waals surface area contributed by atoms with Crippen LogP contribution < -0.4 is 0 Å². The first-order valence-electron chi connectivity index (χ1n) is 6.39. The van der Waals surface area contributed by atoms with Crippen LogP contribution in [0, 0.1) is 6.92 Å². The minimum Gasteiger partial charge on any atom is -0.220 e. The molecule has 4 nitrogen and oxygen atoms in total. The molecule has 0 aliphatic carbocycles. The number of benzene rings is 1. The Morgan fingerprint density at radius 3 is 2.18 bits per heavy atom. The fourth-order valence-corrected chi connectivity index (χ4v) is 2.44. The van der Waals surface area contributed by atoms with Crippen molar-refractivity contribution in [2.75, 3.05) is 5.75 Å². The number of halogens is 3. The summed E-state index contributed by atoms with van der Waals surface area (Å²) in [7, 11) is -3.94. The fourth-order valence-electron chi connectivity index (χ4n) is 1.71. The number of aromatic nitrogens is 2. The smallest absolute Gasteiger partial charge is 0.220 e. The number of hydrogen-bond donors (Lipinski definition) is 0. The quantitative estimate of drug-likeness (QED) is 0.811. The van der Waals surface area contributed by atoms with Crippen molar-refractivity contribution in [3.05, 3.63) is 41.6 Å². The first-order valence-corrected chi connectivity index (χ1v) is 8.05. The zero-order valence-corrected chi connectivity index (χ0v) is 12.7. The van der Waals surface area contributed by atoms with Gasteiger partial charge in [-0.05, 0) is 13.0 Å². The average molecular weight is 330 g/mol. The van der Waals surface area contributed by atoms with Gasteiger partial charge >= 0.3 is 6.18 Å². The van der Waals surface area contributed by atoms with E-state index < -0.39 is 26.9 Å². The van der Waals surface area contributed by atoms with Gasteiger partial charge in [0.15, 0.2) is 0 Å². The van der Waals surface area contributed by atoms with E-state index in [0.717, 1.165) is 11.6 Å². The second-order valence-electron chi connectivity index (χ2n) is 4.69. The summed E-state index contributed by atoms with van der Waals surface area (Å²) in [6, 6.07) is 7.33. The van der Waals surface area contributed by atoms with Gasteiger partial charge in [0.05, 0.1) is 11.4 Å². The normalized spacial score (nSPS) is 12.4. The molecule has 1 aromatic carbocycles. The van der Waals surface area contributed by atoms with Crippen LogP contribution in [0.4, 0.5) is 13.2 Å². The van der Waals surface area contributed by atoms with Crippen molar-refractivity contribution in [2.45, 2.75) is 25.2 Å². The van der Waals surface area contributed by atoms with Gasteiger partial charge in [-0.3, -0.25) is 0 Å². The van der Waals surface area contributed by atoms with Crippen LogP contribution in [0.15, 0.2) is 35.5 Å². The molecule has 0 spiro atoms. The molecular weight excluding hydrogens is 317 g/mol. The molecule has 118 valence electrons. The highest BCUT2D eigenvalue weighted by atomic mass is 32.2. The van der Waals surface area contributed by atoms with Crippen molar-refractivity contribution in [3.63, 3.8) is 0 Å². The molecule has 0 atom stereocenters. The van der Waals surface area contributed by atoms with Gasteiger partial charge < -0.3 is 0 Å². The van der Waals surface area contributed by atoms with Crippen LogP contribution in [0.3, 0.4) is 0 Å². The Hall–Kier alpha value is -1.96. The van der Waals surface area contributed by atoms with Crippen LogP contribution in [0.25, 0.3) is 11.3 Å². The Morgan fingerprint density at radius 1 is 1.09 bits per heavy atom. The molecule has 0 amide bonds. The molecule has 8 heteroatoms. The summed E-state index contributed by atoms with van der Waals surface area (Å²) in [6.07, 6.45) is -4.75. The van der Waals surface area contributed by atoms with Crippen LogP contribution in [0.2, 0.25) is 0 Å². The van der Waals surface area contributed by atoms with Crippen LogP contribution in [-0.2, 0) is 16.0 Å². The Kier molecular flexibility index (Phi) is 4.23. The number of alkyl halides is 3. The zero-order valence-electron chi connectivity index (χ0n) is 11.8. The van der Waals surface area contributed by atoms with Gasteiger partial charge in [0.1, 0.15) is 5.69 Å². The van der Waals surface area contributed by atoms with E-state index in [2.05, 4.69) is 9.97 Å². The number of sulfone groups is 1. The molecule has 0 fully saturated rings. The van der Waals surface area contributed by atoms with Crippen molar-refractivity contribution in [2.24, 2.45) is 0 Å². The molecule has 2 aromatic rings. The van der Waals surface area contributed by atoms with Gasteiger partial charge in [0.2, 0.25) is 15.0 Å². The van der Waals surface area contributed by atoms with Gasteiger partial charge in [-0.1, -0.05) is 36.8 Å². The van der Waals surface area contributed by atoms with E-state index in [1.807, 2.05) is 6.92 Å². The minimum absolute atomic E-state index is 0.0747. The predicted molar refractivity (Wildman–Crippen MR) is 74.9 cm³/mol.